The van der Waals surface area contributed by atoms with Crippen LogP contribution in [0.15, 0.2) is 36.4 Å². The SMILES string of the molecule is CCC(=O)c1ccc(COc2cccc(C3CCN(C(=O)OC(C)(C)C)CC3)n2)c(F)c1. The van der Waals surface area contributed by atoms with Gasteiger partial charge in [0, 0.05) is 48.3 Å². The van der Waals surface area contributed by atoms with Crippen molar-refractivity contribution in [2.45, 2.75) is 65.1 Å². The molecule has 3 rings (SSSR count). The number of aromatic nitrogens is 1. The van der Waals surface area contributed by atoms with Crippen molar-refractivity contribution in [2.75, 3.05) is 13.1 Å². The quantitative estimate of drug-likeness (QED) is 0.552. The Hall–Kier alpha value is -2.96. The number of amides is 1. The molecule has 1 aliphatic rings. The third kappa shape index (κ3) is 6.28. The number of halogens is 1. The zero-order valence-corrected chi connectivity index (χ0v) is 19.2. The number of Topliss-reactive ketones (excluding diaryl/α,β-unsaturated/α-hetero) is 1. The summed E-state index contributed by atoms with van der Waals surface area (Å²) in [4.78, 5) is 30.3. The second-order valence-corrected chi connectivity index (χ2v) is 9.01. The van der Waals surface area contributed by atoms with Crippen LogP contribution in [0.4, 0.5) is 9.18 Å². The van der Waals surface area contributed by atoms with Gasteiger partial charge in [0.05, 0.1) is 0 Å². The molecule has 172 valence electrons. The van der Waals surface area contributed by atoms with Gasteiger partial charge in [-0.25, -0.2) is 14.2 Å². The van der Waals surface area contributed by atoms with E-state index in [1.165, 1.54) is 6.07 Å². The number of nitrogens with zero attached hydrogens (tertiary/aromatic N) is 2. The van der Waals surface area contributed by atoms with Crippen LogP contribution >= 0.6 is 0 Å². The number of ketones is 1. The van der Waals surface area contributed by atoms with E-state index in [4.69, 9.17) is 9.47 Å². The van der Waals surface area contributed by atoms with Crippen molar-refractivity contribution >= 4 is 11.9 Å². The summed E-state index contributed by atoms with van der Waals surface area (Å²) in [5.41, 5.74) is 1.13. The maximum atomic E-state index is 14.3. The fourth-order valence-electron chi connectivity index (χ4n) is 3.62. The van der Waals surface area contributed by atoms with Crippen molar-refractivity contribution in [1.29, 1.82) is 0 Å². The Balaban J connectivity index is 1.57. The van der Waals surface area contributed by atoms with Crippen molar-refractivity contribution in [3.8, 4) is 5.88 Å². The molecule has 0 radical (unpaired) electrons. The number of carbonyl (C=O) groups is 2. The van der Waals surface area contributed by atoms with Gasteiger partial charge in [-0.3, -0.25) is 4.79 Å². The summed E-state index contributed by atoms with van der Waals surface area (Å²) in [6, 6.07) is 10.0. The zero-order valence-electron chi connectivity index (χ0n) is 19.2. The fraction of sp³-hybridized carbons (Fsp3) is 0.480. The van der Waals surface area contributed by atoms with Crippen LogP contribution in [-0.2, 0) is 11.3 Å². The Bertz CT molecular complexity index is 963. The smallest absolute Gasteiger partial charge is 0.410 e. The van der Waals surface area contributed by atoms with Crippen LogP contribution in [0.3, 0.4) is 0 Å². The highest BCUT2D eigenvalue weighted by molar-refractivity contribution is 5.95. The van der Waals surface area contributed by atoms with Gasteiger partial charge >= 0.3 is 6.09 Å². The number of carbonyl (C=O) groups excluding carboxylic acids is 2. The van der Waals surface area contributed by atoms with E-state index in [2.05, 4.69) is 4.98 Å². The molecule has 1 saturated heterocycles. The first-order chi connectivity index (χ1) is 15.2. The Morgan fingerprint density at radius 1 is 1.16 bits per heavy atom. The summed E-state index contributed by atoms with van der Waals surface area (Å²) < 4.78 is 25.5. The lowest BCUT2D eigenvalue weighted by Gasteiger charge is -2.33. The van der Waals surface area contributed by atoms with Crippen molar-refractivity contribution in [3.63, 3.8) is 0 Å². The number of hydrogen-bond donors (Lipinski definition) is 0. The van der Waals surface area contributed by atoms with Gasteiger partial charge in [0.2, 0.25) is 5.88 Å². The Labute approximate surface area is 188 Å². The monoisotopic (exact) mass is 442 g/mol. The third-order valence-electron chi connectivity index (χ3n) is 5.38. The predicted octanol–water partition coefficient (Wildman–Crippen LogP) is 5.51. The molecule has 7 heteroatoms. The molecule has 1 fully saturated rings. The second-order valence-electron chi connectivity index (χ2n) is 9.01. The maximum Gasteiger partial charge on any atom is 0.410 e. The lowest BCUT2D eigenvalue weighted by atomic mass is 9.93. The molecular formula is C25H31FN2O4. The lowest BCUT2D eigenvalue weighted by Crippen LogP contribution is -2.41. The zero-order chi connectivity index (χ0) is 23.3. The molecule has 0 atom stereocenters. The van der Waals surface area contributed by atoms with E-state index in [0.717, 1.165) is 18.5 Å². The van der Waals surface area contributed by atoms with Crippen molar-refractivity contribution < 1.29 is 23.5 Å². The van der Waals surface area contributed by atoms with E-state index < -0.39 is 11.4 Å². The lowest BCUT2D eigenvalue weighted by molar-refractivity contribution is 0.0203. The molecule has 0 spiro atoms. The van der Waals surface area contributed by atoms with Gasteiger partial charge < -0.3 is 14.4 Å². The van der Waals surface area contributed by atoms with E-state index in [-0.39, 0.29) is 24.4 Å². The van der Waals surface area contributed by atoms with Crippen LogP contribution in [0, 0.1) is 5.82 Å². The molecule has 0 unspecified atom stereocenters. The Kier molecular flexibility index (Phi) is 7.48. The maximum absolute atomic E-state index is 14.3. The second kappa shape index (κ2) is 10.1. The predicted molar refractivity (Wildman–Crippen MR) is 119 cm³/mol. The topological polar surface area (TPSA) is 68.7 Å². The molecule has 6 nitrogen and oxygen atoms in total. The molecule has 0 bridgehead atoms. The number of piperidine rings is 1. The summed E-state index contributed by atoms with van der Waals surface area (Å²) in [6.45, 7) is 8.58. The first-order valence-electron chi connectivity index (χ1n) is 11.1. The van der Waals surface area contributed by atoms with Crippen molar-refractivity contribution in [3.05, 3.63) is 59.0 Å². The highest BCUT2D eigenvalue weighted by Crippen LogP contribution is 2.29. The van der Waals surface area contributed by atoms with Gasteiger partial charge in [-0.1, -0.05) is 25.1 Å². The van der Waals surface area contributed by atoms with Crippen LogP contribution in [0.1, 0.15) is 74.5 Å². The molecular weight excluding hydrogens is 411 g/mol. The van der Waals surface area contributed by atoms with Gasteiger partial charge in [-0.05, 0) is 45.7 Å². The molecule has 0 N–H and O–H groups in total. The molecule has 0 aliphatic carbocycles. The largest absolute Gasteiger partial charge is 0.473 e. The Morgan fingerprint density at radius 3 is 2.50 bits per heavy atom. The average Bonchev–Trinajstić information content (AvgIpc) is 2.77. The fourth-order valence-corrected chi connectivity index (χ4v) is 3.62. The molecule has 1 aromatic heterocycles. The number of hydrogen-bond acceptors (Lipinski definition) is 5. The van der Waals surface area contributed by atoms with Gasteiger partial charge in [0.1, 0.15) is 18.0 Å². The first kappa shape index (κ1) is 23.7. The van der Waals surface area contributed by atoms with Crippen LogP contribution in [0.2, 0.25) is 0 Å². The Morgan fingerprint density at radius 2 is 1.88 bits per heavy atom. The average molecular weight is 443 g/mol. The molecule has 1 aliphatic heterocycles. The van der Waals surface area contributed by atoms with E-state index >= 15 is 0 Å². The minimum absolute atomic E-state index is 0.0277. The normalized spacial score (nSPS) is 14.8. The first-order valence-corrected chi connectivity index (χ1v) is 11.1. The highest BCUT2D eigenvalue weighted by atomic mass is 19.1. The van der Waals surface area contributed by atoms with Crippen LogP contribution < -0.4 is 4.74 Å². The van der Waals surface area contributed by atoms with E-state index in [1.807, 2.05) is 32.9 Å². The molecule has 2 heterocycles. The summed E-state index contributed by atoms with van der Waals surface area (Å²) in [6.07, 6.45) is 1.63. The molecule has 1 aromatic carbocycles. The number of rotatable bonds is 6. The third-order valence-corrected chi connectivity index (χ3v) is 5.38. The summed E-state index contributed by atoms with van der Waals surface area (Å²) in [5, 5.41) is 0. The molecule has 1 amide bonds. The van der Waals surface area contributed by atoms with Crippen molar-refractivity contribution in [2.24, 2.45) is 0 Å². The molecule has 32 heavy (non-hydrogen) atoms. The van der Waals surface area contributed by atoms with Gasteiger partial charge in [-0.15, -0.1) is 0 Å². The minimum atomic E-state index is -0.507. The van der Waals surface area contributed by atoms with Crippen molar-refractivity contribution in [1.82, 2.24) is 9.88 Å². The van der Waals surface area contributed by atoms with E-state index in [1.54, 1.807) is 30.0 Å². The number of likely N-dealkylation sites (tertiary alicyclic amines) is 1. The van der Waals surface area contributed by atoms with Gasteiger partial charge in [-0.2, -0.15) is 0 Å². The summed E-state index contributed by atoms with van der Waals surface area (Å²) >= 11 is 0. The standard InChI is InChI=1S/C25H31FN2O4/c1-5-22(29)18-9-10-19(20(26)15-18)16-31-23-8-6-7-21(27-23)17-11-13-28(14-12-17)24(30)32-25(2,3)4/h6-10,15,17H,5,11-14,16H2,1-4H3. The minimum Gasteiger partial charge on any atom is -0.473 e. The van der Waals surface area contributed by atoms with Crippen LogP contribution in [0.25, 0.3) is 0 Å². The molecule has 0 saturated carbocycles. The van der Waals surface area contributed by atoms with E-state index in [0.29, 0.717) is 36.5 Å². The van der Waals surface area contributed by atoms with Gasteiger partial charge in [0.25, 0.3) is 0 Å². The van der Waals surface area contributed by atoms with E-state index in [9.17, 15) is 14.0 Å². The molecule has 2 aromatic rings. The number of pyridine rings is 1. The summed E-state index contributed by atoms with van der Waals surface area (Å²) in [7, 11) is 0. The van der Waals surface area contributed by atoms with Crippen LogP contribution in [-0.4, -0.2) is 40.5 Å². The van der Waals surface area contributed by atoms with Gasteiger partial charge in [0.15, 0.2) is 5.78 Å². The highest BCUT2D eigenvalue weighted by Gasteiger charge is 2.28. The summed E-state index contributed by atoms with van der Waals surface area (Å²) in [5.74, 6) is 0.0805. The number of benzene rings is 1. The van der Waals surface area contributed by atoms with Crippen LogP contribution in [0.5, 0.6) is 5.88 Å². The number of ether oxygens (including phenoxy) is 2.